The number of rotatable bonds is 4. The monoisotopic (exact) mass is 260 g/mol. The predicted octanol–water partition coefficient (Wildman–Crippen LogP) is 0.534. The van der Waals surface area contributed by atoms with Gasteiger partial charge in [0.05, 0.1) is 11.7 Å². The van der Waals surface area contributed by atoms with Crippen molar-refractivity contribution in [2.24, 2.45) is 18.6 Å². The number of hydrogen-bond donors (Lipinski definition) is 3. The second-order valence-corrected chi connectivity index (χ2v) is 4.77. The van der Waals surface area contributed by atoms with E-state index in [0.717, 1.165) is 16.5 Å². The Morgan fingerprint density at radius 2 is 2.26 bits per heavy atom. The van der Waals surface area contributed by atoms with Crippen LogP contribution in [0.5, 0.6) is 0 Å². The Kier molecular flexibility index (Phi) is 3.62. The van der Waals surface area contributed by atoms with Crippen molar-refractivity contribution in [2.45, 2.75) is 13.5 Å². The maximum atomic E-state index is 5.81. The lowest BCUT2D eigenvalue weighted by atomic mass is 10.1. The largest absolute Gasteiger partial charge is 0.384 e. The number of aryl methyl sites for hydroxylation is 2. The first-order valence-electron chi connectivity index (χ1n) is 6.07. The third-order valence-electron chi connectivity index (χ3n) is 2.77. The first-order chi connectivity index (χ1) is 8.95. The predicted molar refractivity (Wildman–Crippen MR) is 76.5 cm³/mol. The lowest BCUT2D eigenvalue weighted by molar-refractivity contribution is 0.474. The molecule has 0 radical (unpaired) electrons. The van der Waals surface area contributed by atoms with Crippen LogP contribution in [0.25, 0.3) is 10.9 Å². The number of nitrogens with two attached hydrogens (primary N) is 2. The zero-order chi connectivity index (χ0) is 14.0. The van der Waals surface area contributed by atoms with Gasteiger partial charge < -0.3 is 16.1 Å². The molecule has 1 aromatic heterocycles. The third kappa shape index (κ3) is 3.17. The molecule has 5 N–H and O–H groups in total. The van der Waals surface area contributed by atoms with Gasteiger partial charge in [0.1, 0.15) is 5.82 Å². The Bertz CT molecular complexity index is 611. The van der Waals surface area contributed by atoms with Crippen LogP contribution in [0.2, 0.25) is 0 Å². The SMILES string of the molecule is Cc1cc(CN/C(N)=C/N(C)N)c2nn(C)cc2c1. The summed E-state index contributed by atoms with van der Waals surface area (Å²) >= 11 is 0. The molecule has 102 valence electrons. The van der Waals surface area contributed by atoms with Gasteiger partial charge in [-0.05, 0) is 24.1 Å². The molecule has 0 saturated heterocycles. The minimum Gasteiger partial charge on any atom is -0.384 e. The van der Waals surface area contributed by atoms with Gasteiger partial charge in [-0.1, -0.05) is 6.07 Å². The zero-order valence-electron chi connectivity index (χ0n) is 11.5. The minimum atomic E-state index is 0.524. The summed E-state index contributed by atoms with van der Waals surface area (Å²) in [6, 6.07) is 4.24. The molecule has 0 amide bonds. The van der Waals surface area contributed by atoms with Crippen molar-refractivity contribution < 1.29 is 0 Å². The summed E-state index contributed by atoms with van der Waals surface area (Å²) in [5, 5.41) is 10.1. The van der Waals surface area contributed by atoms with E-state index in [4.69, 9.17) is 11.6 Å². The fourth-order valence-corrected chi connectivity index (χ4v) is 2.09. The van der Waals surface area contributed by atoms with Crippen molar-refractivity contribution in [1.82, 2.24) is 20.1 Å². The second kappa shape index (κ2) is 5.19. The van der Waals surface area contributed by atoms with Gasteiger partial charge in [0, 0.05) is 32.2 Å². The van der Waals surface area contributed by atoms with E-state index in [1.54, 1.807) is 13.2 Å². The fraction of sp³-hybridized carbons (Fsp3) is 0.308. The highest BCUT2D eigenvalue weighted by atomic mass is 15.4. The van der Waals surface area contributed by atoms with Gasteiger partial charge in [-0.3, -0.25) is 4.68 Å². The number of aromatic nitrogens is 2. The van der Waals surface area contributed by atoms with Crippen molar-refractivity contribution in [2.75, 3.05) is 7.05 Å². The Hall–Kier alpha value is -2.21. The van der Waals surface area contributed by atoms with Gasteiger partial charge in [-0.2, -0.15) is 5.10 Å². The van der Waals surface area contributed by atoms with Crippen LogP contribution in [0, 0.1) is 6.92 Å². The van der Waals surface area contributed by atoms with Crippen molar-refractivity contribution in [3.8, 4) is 0 Å². The van der Waals surface area contributed by atoms with Crippen LogP contribution in [0.15, 0.2) is 30.4 Å². The van der Waals surface area contributed by atoms with E-state index in [-0.39, 0.29) is 0 Å². The number of hydrazine groups is 1. The summed E-state index contributed by atoms with van der Waals surface area (Å²) in [6.45, 7) is 2.69. The average Bonchev–Trinajstić information content (AvgIpc) is 2.65. The van der Waals surface area contributed by atoms with E-state index in [1.807, 2.05) is 17.9 Å². The second-order valence-electron chi connectivity index (χ2n) is 4.77. The highest BCUT2D eigenvalue weighted by molar-refractivity contribution is 5.82. The summed E-state index contributed by atoms with van der Waals surface area (Å²) in [7, 11) is 3.64. The Morgan fingerprint density at radius 1 is 1.53 bits per heavy atom. The normalized spacial score (nSPS) is 11.9. The van der Waals surface area contributed by atoms with Crippen LogP contribution in [0.1, 0.15) is 11.1 Å². The lowest BCUT2D eigenvalue weighted by Crippen LogP contribution is -2.26. The lowest BCUT2D eigenvalue weighted by Gasteiger charge is -2.11. The number of nitrogens with one attached hydrogen (secondary N) is 1. The molecular weight excluding hydrogens is 240 g/mol. The van der Waals surface area contributed by atoms with Gasteiger partial charge in [0.25, 0.3) is 0 Å². The van der Waals surface area contributed by atoms with Gasteiger partial charge in [-0.25, -0.2) is 5.84 Å². The molecule has 0 spiro atoms. The molecule has 2 aromatic rings. The van der Waals surface area contributed by atoms with Crippen LogP contribution >= 0.6 is 0 Å². The highest BCUT2D eigenvalue weighted by Gasteiger charge is 2.06. The number of hydrogen-bond acceptors (Lipinski definition) is 5. The summed E-state index contributed by atoms with van der Waals surface area (Å²) in [5.74, 6) is 6.03. The van der Waals surface area contributed by atoms with Gasteiger partial charge in [0.2, 0.25) is 0 Å². The average molecular weight is 260 g/mol. The van der Waals surface area contributed by atoms with E-state index in [9.17, 15) is 0 Å². The maximum Gasteiger partial charge on any atom is 0.114 e. The molecular formula is C13H20N6. The summed E-state index contributed by atoms with van der Waals surface area (Å²) in [6.07, 6.45) is 3.64. The van der Waals surface area contributed by atoms with E-state index in [2.05, 4.69) is 29.5 Å². The molecule has 0 unspecified atom stereocenters. The van der Waals surface area contributed by atoms with Crippen molar-refractivity contribution in [1.29, 1.82) is 0 Å². The molecule has 0 bridgehead atoms. The van der Waals surface area contributed by atoms with Crippen LogP contribution in [-0.4, -0.2) is 21.8 Å². The van der Waals surface area contributed by atoms with E-state index >= 15 is 0 Å². The smallest absolute Gasteiger partial charge is 0.114 e. The highest BCUT2D eigenvalue weighted by Crippen LogP contribution is 2.19. The molecule has 0 aliphatic rings. The van der Waals surface area contributed by atoms with Crippen LogP contribution in [-0.2, 0) is 13.6 Å². The van der Waals surface area contributed by atoms with Crippen LogP contribution < -0.4 is 16.9 Å². The van der Waals surface area contributed by atoms with E-state index in [0.29, 0.717) is 12.4 Å². The topological polar surface area (TPSA) is 85.1 Å². The summed E-state index contributed by atoms with van der Waals surface area (Å²) in [4.78, 5) is 0. The first kappa shape index (κ1) is 13.2. The number of benzene rings is 1. The molecule has 0 aliphatic carbocycles. The Morgan fingerprint density at radius 3 is 2.95 bits per heavy atom. The molecule has 1 aromatic carbocycles. The van der Waals surface area contributed by atoms with Gasteiger partial charge in [-0.15, -0.1) is 0 Å². The molecule has 0 atom stereocenters. The van der Waals surface area contributed by atoms with Crippen molar-refractivity contribution in [3.63, 3.8) is 0 Å². The van der Waals surface area contributed by atoms with E-state index < -0.39 is 0 Å². The van der Waals surface area contributed by atoms with Crippen LogP contribution in [0.3, 0.4) is 0 Å². The quantitative estimate of drug-likeness (QED) is 0.552. The van der Waals surface area contributed by atoms with Crippen LogP contribution in [0.4, 0.5) is 0 Å². The molecule has 1 heterocycles. The van der Waals surface area contributed by atoms with Gasteiger partial charge in [0.15, 0.2) is 0 Å². The fourth-order valence-electron chi connectivity index (χ4n) is 2.09. The third-order valence-corrected chi connectivity index (χ3v) is 2.77. The van der Waals surface area contributed by atoms with Gasteiger partial charge >= 0.3 is 0 Å². The molecule has 19 heavy (non-hydrogen) atoms. The Balaban J connectivity index is 2.25. The molecule has 0 fully saturated rings. The Labute approximate surface area is 112 Å². The first-order valence-corrected chi connectivity index (χ1v) is 6.07. The number of fused-ring (bicyclic) bond motifs is 1. The summed E-state index contributed by atoms with van der Waals surface area (Å²) in [5.41, 5.74) is 9.13. The van der Waals surface area contributed by atoms with Crippen molar-refractivity contribution >= 4 is 10.9 Å². The standard InChI is InChI=1S/C13H20N6/c1-9-4-10(6-16-12(14)8-18(2)15)13-11(5-9)7-19(3)17-13/h4-5,7-8,16H,6,14-15H2,1-3H3/b12-8+. The van der Waals surface area contributed by atoms with Crippen molar-refractivity contribution in [3.05, 3.63) is 41.5 Å². The zero-order valence-corrected chi connectivity index (χ0v) is 11.5. The molecule has 6 nitrogen and oxygen atoms in total. The molecule has 0 saturated carbocycles. The number of nitrogens with zero attached hydrogens (tertiary/aromatic N) is 3. The molecule has 6 heteroatoms. The molecule has 0 aliphatic heterocycles. The minimum absolute atomic E-state index is 0.524. The molecule has 2 rings (SSSR count). The summed E-state index contributed by atoms with van der Waals surface area (Å²) < 4.78 is 1.82. The van der Waals surface area contributed by atoms with E-state index in [1.165, 1.54) is 10.6 Å². The maximum absolute atomic E-state index is 5.81.